The van der Waals surface area contributed by atoms with Gasteiger partial charge in [0.25, 0.3) is 0 Å². The zero-order valence-electron chi connectivity index (χ0n) is 11.4. The smallest absolute Gasteiger partial charge is 0.330 e. The first kappa shape index (κ1) is 14.3. The van der Waals surface area contributed by atoms with Crippen LogP contribution in [0.2, 0.25) is 0 Å². The van der Waals surface area contributed by atoms with Gasteiger partial charge in [0, 0.05) is 13.1 Å². The van der Waals surface area contributed by atoms with Crippen molar-refractivity contribution < 1.29 is 14.4 Å². The number of fused-ring (bicyclic) bond motifs is 1. The lowest BCUT2D eigenvalue weighted by molar-refractivity contribution is -0.383. The molecule has 2 aromatic rings. The number of nitrogens with one attached hydrogen (secondary N) is 1. The molecule has 0 unspecified atom stereocenters. The molecule has 0 radical (unpaired) electrons. The first-order valence-corrected chi connectivity index (χ1v) is 6.99. The summed E-state index contributed by atoms with van der Waals surface area (Å²) in [6, 6.07) is 1.53. The summed E-state index contributed by atoms with van der Waals surface area (Å²) < 4.78 is 11.3. The van der Waals surface area contributed by atoms with Crippen molar-refractivity contribution in [3.63, 3.8) is 0 Å². The van der Waals surface area contributed by atoms with E-state index in [0.717, 1.165) is 0 Å². The number of ether oxygens (including phenoxy) is 2. The number of hydrogen-bond donors (Lipinski definition) is 1. The third-order valence-electron chi connectivity index (χ3n) is 2.57. The number of nitro benzene ring substituents is 1. The Kier molecular flexibility index (Phi) is 4.23. The Hall–Kier alpha value is -2.09. The summed E-state index contributed by atoms with van der Waals surface area (Å²) in [5, 5.41) is 14.8. The standard InChI is InChI=1S/C12H15N3O4S/c1-4-18-7-6-8(19-5-2)10(15(16)17)11-9(7)14-12(13-3)20-11/h6H,4-5H2,1-3H3,(H,13,14). The molecular formula is C12H15N3O4S. The first-order chi connectivity index (χ1) is 9.62. The third kappa shape index (κ3) is 2.46. The van der Waals surface area contributed by atoms with Gasteiger partial charge in [0.2, 0.25) is 5.75 Å². The second-order valence-corrected chi connectivity index (χ2v) is 4.79. The molecule has 0 fully saturated rings. The predicted molar refractivity (Wildman–Crippen MR) is 78.2 cm³/mol. The number of hydrogen-bond acceptors (Lipinski definition) is 7. The van der Waals surface area contributed by atoms with Gasteiger partial charge in [-0.15, -0.1) is 0 Å². The average Bonchev–Trinajstić information content (AvgIpc) is 2.83. The summed E-state index contributed by atoms with van der Waals surface area (Å²) >= 11 is 1.21. The van der Waals surface area contributed by atoms with Crippen LogP contribution in [0.5, 0.6) is 11.5 Å². The summed E-state index contributed by atoms with van der Waals surface area (Å²) in [4.78, 5) is 15.2. The molecule has 1 N–H and O–H groups in total. The Morgan fingerprint density at radius 1 is 1.35 bits per heavy atom. The van der Waals surface area contributed by atoms with Crippen molar-refractivity contribution in [3.05, 3.63) is 16.2 Å². The van der Waals surface area contributed by atoms with Crippen LogP contribution in [0.1, 0.15) is 13.8 Å². The molecule has 20 heavy (non-hydrogen) atoms. The van der Waals surface area contributed by atoms with Gasteiger partial charge in [0.05, 0.1) is 18.1 Å². The Balaban J connectivity index is 2.76. The quantitative estimate of drug-likeness (QED) is 0.651. The van der Waals surface area contributed by atoms with Crippen molar-refractivity contribution in [1.29, 1.82) is 0 Å². The van der Waals surface area contributed by atoms with E-state index in [1.807, 2.05) is 6.92 Å². The maximum absolute atomic E-state index is 11.3. The maximum Gasteiger partial charge on any atom is 0.330 e. The van der Waals surface area contributed by atoms with E-state index in [2.05, 4.69) is 10.3 Å². The van der Waals surface area contributed by atoms with E-state index in [-0.39, 0.29) is 11.4 Å². The van der Waals surface area contributed by atoms with Gasteiger partial charge in [-0.25, -0.2) is 4.98 Å². The molecule has 0 atom stereocenters. The minimum Gasteiger partial charge on any atom is -0.491 e. The molecule has 0 saturated carbocycles. The molecule has 0 amide bonds. The maximum atomic E-state index is 11.3. The summed E-state index contributed by atoms with van der Waals surface area (Å²) in [5.74, 6) is 0.703. The second kappa shape index (κ2) is 5.91. The monoisotopic (exact) mass is 297 g/mol. The summed E-state index contributed by atoms with van der Waals surface area (Å²) in [6.07, 6.45) is 0. The van der Waals surface area contributed by atoms with Gasteiger partial charge in [-0.3, -0.25) is 10.1 Å². The number of rotatable bonds is 6. The Morgan fingerprint density at radius 3 is 2.55 bits per heavy atom. The predicted octanol–water partition coefficient (Wildman–Crippen LogP) is 3.04. The lowest BCUT2D eigenvalue weighted by Gasteiger charge is -2.08. The van der Waals surface area contributed by atoms with Crippen LogP contribution in [-0.2, 0) is 0 Å². The number of benzene rings is 1. The van der Waals surface area contributed by atoms with Crippen LogP contribution >= 0.6 is 11.3 Å². The van der Waals surface area contributed by atoms with Gasteiger partial charge in [-0.05, 0) is 13.8 Å². The molecule has 0 bridgehead atoms. The van der Waals surface area contributed by atoms with Crippen LogP contribution in [0.25, 0.3) is 10.2 Å². The highest BCUT2D eigenvalue weighted by atomic mass is 32.1. The van der Waals surface area contributed by atoms with E-state index >= 15 is 0 Å². The minimum atomic E-state index is -0.444. The van der Waals surface area contributed by atoms with E-state index in [1.165, 1.54) is 17.4 Å². The van der Waals surface area contributed by atoms with Crippen molar-refractivity contribution in [2.24, 2.45) is 0 Å². The Morgan fingerprint density at radius 2 is 2.00 bits per heavy atom. The van der Waals surface area contributed by atoms with Crippen LogP contribution < -0.4 is 14.8 Å². The molecule has 0 saturated heterocycles. The van der Waals surface area contributed by atoms with Crippen molar-refractivity contribution in [1.82, 2.24) is 4.98 Å². The fourth-order valence-corrected chi connectivity index (χ4v) is 2.77. The van der Waals surface area contributed by atoms with Gasteiger partial charge in [-0.2, -0.15) is 0 Å². The largest absolute Gasteiger partial charge is 0.491 e. The molecule has 7 nitrogen and oxygen atoms in total. The number of aromatic nitrogens is 1. The lowest BCUT2D eigenvalue weighted by atomic mass is 10.2. The van der Waals surface area contributed by atoms with Gasteiger partial charge < -0.3 is 14.8 Å². The van der Waals surface area contributed by atoms with Crippen LogP contribution in [0.3, 0.4) is 0 Å². The minimum absolute atomic E-state index is 0.0655. The second-order valence-electron chi connectivity index (χ2n) is 3.79. The lowest BCUT2D eigenvalue weighted by Crippen LogP contribution is -2.00. The molecule has 2 rings (SSSR count). The highest BCUT2D eigenvalue weighted by molar-refractivity contribution is 7.22. The van der Waals surface area contributed by atoms with Gasteiger partial charge in [0.1, 0.15) is 10.2 Å². The topological polar surface area (TPSA) is 86.5 Å². The van der Waals surface area contributed by atoms with E-state index in [9.17, 15) is 10.1 Å². The van der Waals surface area contributed by atoms with Crippen LogP contribution in [0.15, 0.2) is 6.07 Å². The van der Waals surface area contributed by atoms with E-state index in [1.54, 1.807) is 14.0 Å². The van der Waals surface area contributed by atoms with Crippen molar-refractivity contribution >= 4 is 32.4 Å². The number of anilines is 1. The van der Waals surface area contributed by atoms with Crippen LogP contribution in [0.4, 0.5) is 10.8 Å². The fraction of sp³-hybridized carbons (Fsp3) is 0.417. The van der Waals surface area contributed by atoms with Gasteiger partial charge in [-0.1, -0.05) is 11.3 Å². The molecule has 108 valence electrons. The molecule has 1 aromatic heterocycles. The van der Waals surface area contributed by atoms with Crippen LogP contribution in [-0.4, -0.2) is 30.2 Å². The SMILES string of the molecule is CCOc1cc(OCC)c2nc(NC)sc2c1[N+](=O)[O-]. The van der Waals surface area contributed by atoms with E-state index in [4.69, 9.17) is 9.47 Å². The first-order valence-electron chi connectivity index (χ1n) is 6.17. The summed E-state index contributed by atoms with van der Waals surface area (Å²) in [5.41, 5.74) is 0.417. The zero-order chi connectivity index (χ0) is 14.7. The molecular weight excluding hydrogens is 282 g/mol. The molecule has 1 aromatic carbocycles. The molecule has 0 aliphatic carbocycles. The van der Waals surface area contributed by atoms with Crippen LogP contribution in [0, 0.1) is 10.1 Å². The summed E-state index contributed by atoms with van der Waals surface area (Å²) in [6.45, 7) is 4.42. The van der Waals surface area contributed by atoms with E-state index < -0.39 is 4.92 Å². The average molecular weight is 297 g/mol. The number of nitro groups is 1. The molecule has 0 spiro atoms. The fourth-order valence-electron chi connectivity index (χ4n) is 1.83. The Labute approximate surface area is 119 Å². The summed E-state index contributed by atoms with van der Waals surface area (Å²) in [7, 11) is 1.72. The number of nitrogens with zero attached hydrogens (tertiary/aromatic N) is 2. The normalized spacial score (nSPS) is 10.6. The third-order valence-corrected chi connectivity index (χ3v) is 3.65. The van der Waals surface area contributed by atoms with Crippen molar-refractivity contribution in [2.75, 3.05) is 25.6 Å². The van der Waals surface area contributed by atoms with Gasteiger partial charge >= 0.3 is 5.69 Å². The molecule has 0 aliphatic heterocycles. The molecule has 8 heteroatoms. The number of thiazole rings is 1. The highest BCUT2D eigenvalue weighted by Crippen LogP contribution is 2.44. The molecule has 1 heterocycles. The van der Waals surface area contributed by atoms with Crippen molar-refractivity contribution in [2.45, 2.75) is 13.8 Å². The Bertz CT molecular complexity index is 641. The highest BCUT2D eigenvalue weighted by Gasteiger charge is 2.26. The molecule has 0 aliphatic rings. The zero-order valence-corrected chi connectivity index (χ0v) is 12.2. The van der Waals surface area contributed by atoms with Gasteiger partial charge in [0.15, 0.2) is 10.9 Å². The van der Waals surface area contributed by atoms with Crippen molar-refractivity contribution in [3.8, 4) is 11.5 Å². The van der Waals surface area contributed by atoms with E-state index in [0.29, 0.717) is 34.3 Å².